The molecule has 0 saturated carbocycles. The minimum absolute atomic E-state index is 0.00236. The third-order valence-corrected chi connectivity index (χ3v) is 5.25. The number of carbonyl (C=O) groups excluding carboxylic acids is 1. The number of rotatable bonds is 5. The molecular weight excluding hydrogens is 403 g/mol. The number of aromatic nitrogens is 2. The van der Waals surface area contributed by atoms with Crippen molar-refractivity contribution in [3.63, 3.8) is 0 Å². The van der Waals surface area contributed by atoms with E-state index in [1.54, 1.807) is 15.8 Å². The molecule has 2 aromatic rings. The monoisotopic (exact) mass is 430 g/mol. The van der Waals surface area contributed by atoms with E-state index < -0.39 is 0 Å². The number of carbonyl (C=O) groups is 1. The topological polar surface area (TPSA) is 84.2 Å². The van der Waals surface area contributed by atoms with Gasteiger partial charge in [0.2, 0.25) is 5.91 Å². The second-order valence-corrected chi connectivity index (χ2v) is 7.49. The molecule has 31 heavy (non-hydrogen) atoms. The molecule has 3 heterocycles. The normalized spacial score (nSPS) is 16.9. The number of benzene rings is 1. The Morgan fingerprint density at radius 3 is 2.97 bits per heavy atom. The van der Waals surface area contributed by atoms with Crippen LogP contribution in [0.25, 0.3) is 0 Å². The molecule has 0 atom stereocenters. The molecule has 0 aliphatic carbocycles. The van der Waals surface area contributed by atoms with Crippen molar-refractivity contribution < 1.29 is 18.7 Å². The number of ether oxygens (including phenoxy) is 2. The number of nitrogens with zero attached hydrogens (tertiary/aromatic N) is 5. The van der Waals surface area contributed by atoms with Gasteiger partial charge in [-0.05, 0) is 31.0 Å². The van der Waals surface area contributed by atoms with E-state index in [-0.39, 0.29) is 25.1 Å². The van der Waals surface area contributed by atoms with Crippen LogP contribution in [0.4, 0.5) is 10.1 Å². The van der Waals surface area contributed by atoms with Gasteiger partial charge in [-0.1, -0.05) is 0 Å². The summed E-state index contributed by atoms with van der Waals surface area (Å²) in [7, 11) is 1.83. The van der Waals surface area contributed by atoms with E-state index in [1.807, 2.05) is 25.1 Å². The molecule has 10 heteroatoms. The molecule has 1 N–H and O–H groups in total. The quantitative estimate of drug-likeness (QED) is 0.568. The van der Waals surface area contributed by atoms with Crippen LogP contribution in [0.15, 0.2) is 29.5 Å². The van der Waals surface area contributed by atoms with Gasteiger partial charge in [-0.15, -0.1) is 0 Å². The molecule has 2 aliphatic heterocycles. The Bertz CT molecular complexity index is 976. The maximum absolute atomic E-state index is 14.0. The minimum atomic E-state index is -0.309. The largest absolute Gasteiger partial charge is 0.467 e. The lowest BCUT2D eigenvalue weighted by molar-refractivity contribution is -0.120. The second kappa shape index (κ2) is 9.34. The Labute approximate surface area is 180 Å². The van der Waals surface area contributed by atoms with Gasteiger partial charge in [0.05, 0.1) is 18.5 Å². The Morgan fingerprint density at radius 2 is 2.23 bits per heavy atom. The third kappa shape index (κ3) is 4.79. The van der Waals surface area contributed by atoms with Crippen LogP contribution in [0, 0.1) is 5.82 Å². The average Bonchev–Trinajstić information content (AvgIpc) is 3.18. The van der Waals surface area contributed by atoms with Gasteiger partial charge in [0, 0.05) is 45.0 Å². The number of fused-ring (bicyclic) bond motifs is 1. The summed E-state index contributed by atoms with van der Waals surface area (Å²) < 4.78 is 26.5. The number of aryl methyl sites for hydroxylation is 1. The van der Waals surface area contributed by atoms with Gasteiger partial charge in [-0.2, -0.15) is 5.10 Å². The summed E-state index contributed by atoms with van der Waals surface area (Å²) in [6, 6.07) is 2.93. The van der Waals surface area contributed by atoms with Gasteiger partial charge in [-0.25, -0.2) is 4.39 Å². The van der Waals surface area contributed by atoms with E-state index in [2.05, 4.69) is 15.4 Å². The predicted octanol–water partition coefficient (Wildman–Crippen LogP) is 1.28. The highest BCUT2D eigenvalue weighted by Gasteiger charge is 2.27. The SMILES string of the molecule is CCNC(=NCCc1cc(F)cc2c1OCOC2)N1CCN(c2cnn(C)c2)C(=O)C1. The lowest BCUT2D eigenvalue weighted by Crippen LogP contribution is -2.55. The van der Waals surface area contributed by atoms with E-state index in [1.165, 1.54) is 12.1 Å². The van der Waals surface area contributed by atoms with Crippen molar-refractivity contribution >= 4 is 17.6 Å². The van der Waals surface area contributed by atoms with Crippen LogP contribution in [0.5, 0.6) is 5.75 Å². The molecule has 1 fully saturated rings. The van der Waals surface area contributed by atoms with Gasteiger partial charge in [0.1, 0.15) is 18.1 Å². The van der Waals surface area contributed by atoms with Crippen LogP contribution in [0.3, 0.4) is 0 Å². The highest BCUT2D eigenvalue weighted by Crippen LogP contribution is 2.29. The molecular formula is C21H27FN6O3. The van der Waals surface area contributed by atoms with Gasteiger partial charge >= 0.3 is 0 Å². The first-order valence-electron chi connectivity index (χ1n) is 10.4. The number of hydrogen-bond donors (Lipinski definition) is 1. The number of amides is 1. The third-order valence-electron chi connectivity index (χ3n) is 5.25. The summed E-state index contributed by atoms with van der Waals surface area (Å²) in [4.78, 5) is 21.1. The highest BCUT2D eigenvalue weighted by molar-refractivity contribution is 5.98. The molecule has 4 rings (SSSR count). The Balaban J connectivity index is 1.42. The van der Waals surface area contributed by atoms with Crippen molar-refractivity contribution in [2.45, 2.75) is 20.0 Å². The summed E-state index contributed by atoms with van der Waals surface area (Å²) in [5.41, 5.74) is 2.29. The second-order valence-electron chi connectivity index (χ2n) is 7.49. The zero-order chi connectivity index (χ0) is 21.8. The van der Waals surface area contributed by atoms with E-state index in [0.717, 1.165) is 11.3 Å². The molecule has 1 saturated heterocycles. The summed E-state index contributed by atoms with van der Waals surface area (Å²) >= 11 is 0. The molecule has 1 aromatic carbocycles. The molecule has 9 nitrogen and oxygen atoms in total. The number of guanidine groups is 1. The summed E-state index contributed by atoms with van der Waals surface area (Å²) in [5, 5.41) is 7.40. The smallest absolute Gasteiger partial charge is 0.246 e. The highest BCUT2D eigenvalue weighted by atomic mass is 19.1. The van der Waals surface area contributed by atoms with Crippen LogP contribution in [-0.2, 0) is 29.6 Å². The first-order chi connectivity index (χ1) is 15.0. The van der Waals surface area contributed by atoms with Crippen LogP contribution in [0.2, 0.25) is 0 Å². The average molecular weight is 430 g/mol. The van der Waals surface area contributed by atoms with E-state index in [0.29, 0.717) is 56.5 Å². The summed E-state index contributed by atoms with van der Waals surface area (Å²) in [6.45, 7) is 5.07. The number of piperazine rings is 1. The van der Waals surface area contributed by atoms with Gasteiger partial charge in [0.25, 0.3) is 0 Å². The summed E-state index contributed by atoms with van der Waals surface area (Å²) in [5.74, 6) is 1.05. The lowest BCUT2D eigenvalue weighted by atomic mass is 10.1. The Hall–Kier alpha value is -3.14. The van der Waals surface area contributed by atoms with Crippen LogP contribution >= 0.6 is 0 Å². The number of hydrogen-bond acceptors (Lipinski definition) is 5. The van der Waals surface area contributed by atoms with Gasteiger partial charge < -0.3 is 24.6 Å². The fraction of sp³-hybridized carbons (Fsp3) is 0.476. The van der Waals surface area contributed by atoms with Crippen molar-refractivity contribution in [2.75, 3.05) is 44.4 Å². The predicted molar refractivity (Wildman–Crippen MR) is 114 cm³/mol. The maximum atomic E-state index is 14.0. The number of halogens is 1. The van der Waals surface area contributed by atoms with Crippen molar-refractivity contribution in [3.05, 3.63) is 41.5 Å². The lowest BCUT2D eigenvalue weighted by Gasteiger charge is -2.35. The number of anilines is 1. The van der Waals surface area contributed by atoms with Crippen LogP contribution in [0.1, 0.15) is 18.1 Å². The van der Waals surface area contributed by atoms with Gasteiger partial charge in [-0.3, -0.25) is 14.5 Å². The molecule has 0 radical (unpaired) electrons. The molecule has 1 aromatic heterocycles. The molecule has 166 valence electrons. The van der Waals surface area contributed by atoms with Crippen molar-refractivity contribution in [1.82, 2.24) is 20.0 Å². The molecule has 0 bridgehead atoms. The Morgan fingerprint density at radius 1 is 1.35 bits per heavy atom. The van der Waals surface area contributed by atoms with Crippen molar-refractivity contribution in [2.24, 2.45) is 12.0 Å². The van der Waals surface area contributed by atoms with E-state index in [4.69, 9.17) is 9.47 Å². The molecule has 1 amide bonds. The van der Waals surface area contributed by atoms with Crippen molar-refractivity contribution in [3.8, 4) is 5.75 Å². The minimum Gasteiger partial charge on any atom is -0.467 e. The Kier molecular flexibility index (Phi) is 6.36. The zero-order valence-electron chi connectivity index (χ0n) is 17.8. The first kappa shape index (κ1) is 21.1. The number of nitrogens with one attached hydrogen (secondary N) is 1. The number of aliphatic imine (C=N–C) groups is 1. The van der Waals surface area contributed by atoms with Crippen LogP contribution in [-0.4, -0.2) is 66.1 Å². The fourth-order valence-corrected chi connectivity index (χ4v) is 3.83. The maximum Gasteiger partial charge on any atom is 0.246 e. The van der Waals surface area contributed by atoms with E-state index >= 15 is 0 Å². The molecule has 0 spiro atoms. The van der Waals surface area contributed by atoms with Gasteiger partial charge in [0.15, 0.2) is 12.8 Å². The molecule has 2 aliphatic rings. The van der Waals surface area contributed by atoms with Crippen LogP contribution < -0.4 is 15.0 Å². The first-order valence-corrected chi connectivity index (χ1v) is 10.4. The van der Waals surface area contributed by atoms with E-state index in [9.17, 15) is 9.18 Å². The standard InChI is InChI=1S/C21H27FN6O3/c1-3-23-21(27-6-7-28(19(29)12-27)18-10-25-26(2)11-18)24-5-4-15-8-17(22)9-16-13-30-14-31-20(15)16/h8-11H,3-7,12-14H2,1-2H3,(H,23,24). The van der Waals surface area contributed by atoms with Crippen molar-refractivity contribution in [1.29, 1.82) is 0 Å². The summed E-state index contributed by atoms with van der Waals surface area (Å²) in [6.07, 6.45) is 4.05. The fourth-order valence-electron chi connectivity index (χ4n) is 3.83. The zero-order valence-corrected chi connectivity index (χ0v) is 17.8. The molecule has 0 unspecified atom stereocenters.